The highest BCUT2D eigenvalue weighted by Gasteiger charge is 2.21. The molecule has 112 valence electrons. The van der Waals surface area contributed by atoms with Gasteiger partial charge in [-0.15, -0.1) is 0 Å². The molecular weight excluding hydrogens is 291 g/mol. The van der Waals surface area contributed by atoms with Crippen molar-refractivity contribution in [2.24, 2.45) is 0 Å². The van der Waals surface area contributed by atoms with Crippen LogP contribution in [0.3, 0.4) is 0 Å². The van der Waals surface area contributed by atoms with E-state index in [4.69, 9.17) is 17.3 Å². The molecule has 0 atom stereocenters. The molecule has 0 bridgehead atoms. The van der Waals surface area contributed by atoms with E-state index in [1.54, 1.807) is 19.1 Å². The number of nitrogens with two attached hydrogens (primary N) is 1. The predicted octanol–water partition coefficient (Wildman–Crippen LogP) is 4.20. The van der Waals surface area contributed by atoms with E-state index in [1.165, 1.54) is 6.07 Å². The van der Waals surface area contributed by atoms with Crippen LogP contribution in [0.2, 0.25) is 5.02 Å². The topological polar surface area (TPSA) is 63.8 Å². The van der Waals surface area contributed by atoms with Gasteiger partial charge in [-0.05, 0) is 19.1 Å². The largest absolute Gasteiger partial charge is 0.383 e. The maximum atomic E-state index is 14.0. The third kappa shape index (κ3) is 3.24. The minimum atomic E-state index is -0.520. The van der Waals surface area contributed by atoms with Crippen LogP contribution >= 0.6 is 11.6 Å². The van der Waals surface area contributed by atoms with Crippen molar-refractivity contribution in [3.63, 3.8) is 0 Å². The Morgan fingerprint density at radius 2 is 1.90 bits per heavy atom. The molecule has 0 amide bonds. The van der Waals surface area contributed by atoms with Gasteiger partial charge in [-0.2, -0.15) is 0 Å². The van der Waals surface area contributed by atoms with E-state index in [2.05, 4.69) is 15.3 Å². The zero-order chi connectivity index (χ0) is 15.8. The van der Waals surface area contributed by atoms with Gasteiger partial charge in [0.15, 0.2) is 5.82 Å². The van der Waals surface area contributed by atoms with Crippen LogP contribution in [-0.4, -0.2) is 9.97 Å². The van der Waals surface area contributed by atoms with E-state index < -0.39 is 5.82 Å². The van der Waals surface area contributed by atoms with Gasteiger partial charge in [0.25, 0.3) is 0 Å². The van der Waals surface area contributed by atoms with E-state index >= 15 is 0 Å². The Kier molecular flexibility index (Phi) is 4.05. The Hall–Kier alpha value is -1.88. The number of hydrogen-bond acceptors (Lipinski definition) is 4. The lowest BCUT2D eigenvalue weighted by Gasteiger charge is -2.20. The fraction of sp³-hybridized carbons (Fsp3) is 0.333. The Balaban J connectivity index is 2.49. The Bertz CT molecular complexity index is 680. The normalized spacial score (nSPS) is 11.5. The van der Waals surface area contributed by atoms with Gasteiger partial charge in [0.05, 0.1) is 10.7 Å². The maximum Gasteiger partial charge on any atom is 0.165 e. The molecule has 21 heavy (non-hydrogen) atoms. The van der Waals surface area contributed by atoms with Gasteiger partial charge >= 0.3 is 0 Å². The lowest BCUT2D eigenvalue weighted by atomic mass is 9.95. The quantitative estimate of drug-likeness (QED) is 0.872. The molecule has 1 heterocycles. The number of halogens is 2. The van der Waals surface area contributed by atoms with Gasteiger partial charge in [0, 0.05) is 11.0 Å². The number of benzene rings is 1. The molecular formula is C15H18ClFN4. The number of aromatic nitrogens is 2. The minimum Gasteiger partial charge on any atom is -0.383 e. The first-order chi connectivity index (χ1) is 9.70. The molecule has 1 aromatic heterocycles. The highest BCUT2D eigenvalue weighted by molar-refractivity contribution is 6.31. The SMILES string of the molecule is Cc1c(N)nc(C(C)(C)C)nc1Nc1cccc(Cl)c1F. The second kappa shape index (κ2) is 5.48. The van der Waals surface area contributed by atoms with Gasteiger partial charge in [-0.25, -0.2) is 14.4 Å². The standard InChI is InChI=1S/C15H18ClFN4/c1-8-12(18)20-14(15(2,3)4)21-13(8)19-10-7-5-6-9(16)11(10)17/h5-7H,1-4H3,(H3,18,19,20,21). The van der Waals surface area contributed by atoms with E-state index in [0.717, 1.165) is 0 Å². The second-order valence-corrected chi connectivity index (χ2v) is 6.29. The van der Waals surface area contributed by atoms with Crippen molar-refractivity contribution >= 4 is 28.9 Å². The molecule has 3 N–H and O–H groups in total. The van der Waals surface area contributed by atoms with Crippen molar-refractivity contribution in [1.29, 1.82) is 0 Å². The highest BCUT2D eigenvalue weighted by atomic mass is 35.5. The molecule has 1 aromatic carbocycles. The summed E-state index contributed by atoms with van der Waals surface area (Å²) in [5.41, 5.74) is 6.59. The second-order valence-electron chi connectivity index (χ2n) is 5.88. The first-order valence-corrected chi connectivity index (χ1v) is 6.93. The monoisotopic (exact) mass is 308 g/mol. The molecule has 2 aromatic rings. The summed E-state index contributed by atoms with van der Waals surface area (Å²) in [5.74, 6) is 0.928. The molecule has 0 radical (unpaired) electrons. The van der Waals surface area contributed by atoms with Crippen molar-refractivity contribution in [3.8, 4) is 0 Å². The first-order valence-electron chi connectivity index (χ1n) is 6.56. The minimum absolute atomic E-state index is 0.0516. The van der Waals surface area contributed by atoms with Crippen molar-refractivity contribution in [2.45, 2.75) is 33.1 Å². The van der Waals surface area contributed by atoms with E-state index in [9.17, 15) is 4.39 Å². The third-order valence-electron chi connectivity index (χ3n) is 3.06. The number of anilines is 3. The molecule has 0 unspecified atom stereocenters. The average molecular weight is 309 g/mol. The highest BCUT2D eigenvalue weighted by Crippen LogP contribution is 2.29. The Morgan fingerprint density at radius 1 is 1.24 bits per heavy atom. The fourth-order valence-corrected chi connectivity index (χ4v) is 1.89. The van der Waals surface area contributed by atoms with Gasteiger partial charge in [0.2, 0.25) is 0 Å². The number of nitrogens with zero attached hydrogens (tertiary/aromatic N) is 2. The fourth-order valence-electron chi connectivity index (χ4n) is 1.72. The number of hydrogen-bond donors (Lipinski definition) is 2. The summed E-state index contributed by atoms with van der Waals surface area (Å²) in [7, 11) is 0. The zero-order valence-electron chi connectivity index (χ0n) is 12.5. The molecule has 4 nitrogen and oxygen atoms in total. The molecule has 0 spiro atoms. The van der Waals surface area contributed by atoms with Crippen molar-refractivity contribution in [3.05, 3.63) is 40.4 Å². The number of rotatable bonds is 2. The summed E-state index contributed by atoms with van der Waals surface area (Å²) in [6, 6.07) is 4.75. The van der Waals surface area contributed by atoms with E-state index in [-0.39, 0.29) is 16.1 Å². The maximum absolute atomic E-state index is 14.0. The summed E-state index contributed by atoms with van der Waals surface area (Å²) in [6.45, 7) is 7.75. The summed E-state index contributed by atoms with van der Waals surface area (Å²) < 4.78 is 14.0. The van der Waals surface area contributed by atoms with Crippen LogP contribution in [0.1, 0.15) is 32.2 Å². The van der Waals surface area contributed by atoms with Gasteiger partial charge in [-0.3, -0.25) is 0 Å². The van der Waals surface area contributed by atoms with Crippen molar-refractivity contribution in [2.75, 3.05) is 11.1 Å². The predicted molar refractivity (Wildman–Crippen MR) is 84.6 cm³/mol. The van der Waals surface area contributed by atoms with Crippen molar-refractivity contribution in [1.82, 2.24) is 9.97 Å². The summed E-state index contributed by atoms with van der Waals surface area (Å²) in [4.78, 5) is 8.75. The van der Waals surface area contributed by atoms with Gasteiger partial charge in [-0.1, -0.05) is 38.4 Å². The van der Waals surface area contributed by atoms with Crippen LogP contribution in [0, 0.1) is 12.7 Å². The van der Waals surface area contributed by atoms with E-state index in [0.29, 0.717) is 23.0 Å². The number of nitrogens with one attached hydrogen (secondary N) is 1. The van der Waals surface area contributed by atoms with Crippen LogP contribution in [-0.2, 0) is 5.41 Å². The molecule has 2 rings (SSSR count). The van der Waals surface area contributed by atoms with Gasteiger partial charge in [0.1, 0.15) is 17.5 Å². The van der Waals surface area contributed by atoms with Crippen LogP contribution in [0.5, 0.6) is 0 Å². The zero-order valence-corrected chi connectivity index (χ0v) is 13.2. The van der Waals surface area contributed by atoms with Crippen LogP contribution in [0.25, 0.3) is 0 Å². The number of nitrogen functional groups attached to an aromatic ring is 1. The Labute approximate surface area is 128 Å². The summed E-state index contributed by atoms with van der Waals surface area (Å²) >= 11 is 5.78. The molecule has 0 saturated carbocycles. The molecule has 0 aliphatic rings. The Morgan fingerprint density at radius 3 is 2.52 bits per heavy atom. The van der Waals surface area contributed by atoms with Gasteiger partial charge < -0.3 is 11.1 Å². The summed E-state index contributed by atoms with van der Waals surface area (Å²) in [5, 5.41) is 3.00. The molecule has 0 fully saturated rings. The van der Waals surface area contributed by atoms with Crippen LogP contribution < -0.4 is 11.1 Å². The van der Waals surface area contributed by atoms with E-state index in [1.807, 2.05) is 20.8 Å². The molecule has 6 heteroatoms. The third-order valence-corrected chi connectivity index (χ3v) is 3.35. The van der Waals surface area contributed by atoms with Crippen LogP contribution in [0.4, 0.5) is 21.7 Å². The van der Waals surface area contributed by atoms with Crippen LogP contribution in [0.15, 0.2) is 18.2 Å². The molecule has 0 saturated heterocycles. The lowest BCUT2D eigenvalue weighted by Crippen LogP contribution is -2.19. The molecule has 0 aliphatic carbocycles. The smallest absolute Gasteiger partial charge is 0.165 e. The average Bonchev–Trinajstić information content (AvgIpc) is 2.38. The molecule has 0 aliphatic heterocycles. The first kappa shape index (κ1) is 15.5. The lowest BCUT2D eigenvalue weighted by molar-refractivity contribution is 0.546. The summed E-state index contributed by atoms with van der Waals surface area (Å²) in [6.07, 6.45) is 0. The van der Waals surface area contributed by atoms with Crippen molar-refractivity contribution < 1.29 is 4.39 Å².